The lowest BCUT2D eigenvalue weighted by atomic mass is 9.97. The van der Waals surface area contributed by atoms with Crippen LogP contribution in [0.5, 0.6) is 0 Å². The van der Waals surface area contributed by atoms with Gasteiger partial charge in [0.2, 0.25) is 11.8 Å². The third-order valence-corrected chi connectivity index (χ3v) is 5.61. The average molecular weight is 369 g/mol. The van der Waals surface area contributed by atoms with Crippen LogP contribution in [0.2, 0.25) is 10.0 Å². The molecule has 1 aromatic carbocycles. The molecule has 0 aromatic heterocycles. The molecule has 2 aliphatic heterocycles. The van der Waals surface area contributed by atoms with E-state index < -0.39 is 0 Å². The topological polar surface area (TPSA) is 40.6 Å². The molecule has 0 bridgehead atoms. The molecule has 0 saturated carbocycles. The molecule has 130 valence electrons. The Hall–Kier alpha value is -1.26. The highest BCUT2D eigenvalue weighted by Gasteiger charge is 2.39. The van der Waals surface area contributed by atoms with Crippen LogP contribution in [-0.4, -0.2) is 35.8 Å². The molecule has 2 unspecified atom stereocenters. The van der Waals surface area contributed by atoms with Crippen molar-refractivity contribution in [3.05, 3.63) is 28.2 Å². The number of anilines is 1. The summed E-state index contributed by atoms with van der Waals surface area (Å²) in [5.74, 6) is -0.252. The van der Waals surface area contributed by atoms with Crippen LogP contribution in [0, 0.1) is 5.92 Å². The summed E-state index contributed by atoms with van der Waals surface area (Å²) in [6.07, 6.45) is 4.50. The minimum atomic E-state index is -0.292. The summed E-state index contributed by atoms with van der Waals surface area (Å²) in [5.41, 5.74) is 0.593. The number of amides is 2. The Morgan fingerprint density at radius 3 is 2.83 bits per heavy atom. The van der Waals surface area contributed by atoms with Crippen molar-refractivity contribution in [2.24, 2.45) is 5.92 Å². The first-order chi connectivity index (χ1) is 11.5. The SMILES string of the molecule is CCC1CCCCN1C(=O)C1CC(=O)N(c2cc(Cl)ccc2Cl)C1. The third kappa shape index (κ3) is 3.40. The molecule has 0 radical (unpaired) electrons. The van der Waals surface area contributed by atoms with E-state index in [0.717, 1.165) is 25.8 Å². The fraction of sp³-hybridized carbons (Fsp3) is 0.556. The van der Waals surface area contributed by atoms with E-state index >= 15 is 0 Å². The monoisotopic (exact) mass is 368 g/mol. The summed E-state index contributed by atoms with van der Waals surface area (Å²) in [7, 11) is 0. The first-order valence-corrected chi connectivity index (χ1v) is 9.32. The fourth-order valence-corrected chi connectivity index (χ4v) is 4.13. The molecule has 2 atom stereocenters. The molecule has 1 aromatic rings. The molecule has 3 rings (SSSR count). The molecule has 2 heterocycles. The molecule has 24 heavy (non-hydrogen) atoms. The first kappa shape index (κ1) is 17.6. The number of piperidine rings is 1. The molecule has 6 heteroatoms. The number of hydrogen-bond acceptors (Lipinski definition) is 2. The average Bonchev–Trinajstić information content (AvgIpc) is 2.98. The lowest BCUT2D eigenvalue weighted by molar-refractivity contribution is -0.139. The molecular weight excluding hydrogens is 347 g/mol. The quantitative estimate of drug-likeness (QED) is 0.804. The first-order valence-electron chi connectivity index (χ1n) is 8.57. The molecule has 2 fully saturated rings. The van der Waals surface area contributed by atoms with Gasteiger partial charge in [-0.2, -0.15) is 0 Å². The van der Waals surface area contributed by atoms with Crippen LogP contribution in [0.15, 0.2) is 18.2 Å². The maximum absolute atomic E-state index is 12.9. The second-order valence-electron chi connectivity index (χ2n) is 6.59. The van der Waals surface area contributed by atoms with Crippen LogP contribution in [-0.2, 0) is 9.59 Å². The zero-order valence-electron chi connectivity index (χ0n) is 13.8. The molecule has 0 spiro atoms. The predicted octanol–water partition coefficient (Wildman–Crippen LogP) is 4.14. The Bertz CT molecular complexity index is 650. The fourth-order valence-electron chi connectivity index (χ4n) is 3.75. The Balaban J connectivity index is 1.76. The van der Waals surface area contributed by atoms with Crippen LogP contribution in [0.3, 0.4) is 0 Å². The highest BCUT2D eigenvalue weighted by Crippen LogP contribution is 2.34. The minimum Gasteiger partial charge on any atom is -0.339 e. The molecule has 2 aliphatic rings. The lowest BCUT2D eigenvalue weighted by Crippen LogP contribution is -2.46. The van der Waals surface area contributed by atoms with Gasteiger partial charge in [-0.05, 0) is 43.9 Å². The Morgan fingerprint density at radius 1 is 1.29 bits per heavy atom. The van der Waals surface area contributed by atoms with Gasteiger partial charge in [0.25, 0.3) is 0 Å². The summed E-state index contributed by atoms with van der Waals surface area (Å²) in [5, 5.41) is 1.00. The summed E-state index contributed by atoms with van der Waals surface area (Å²) >= 11 is 12.2. The predicted molar refractivity (Wildman–Crippen MR) is 96.6 cm³/mol. The van der Waals surface area contributed by atoms with Gasteiger partial charge in [-0.25, -0.2) is 0 Å². The summed E-state index contributed by atoms with van der Waals surface area (Å²) < 4.78 is 0. The molecule has 2 saturated heterocycles. The number of rotatable bonds is 3. The Labute approximate surface area is 152 Å². The van der Waals surface area contributed by atoms with Gasteiger partial charge in [0.1, 0.15) is 0 Å². The molecule has 4 nitrogen and oxygen atoms in total. The maximum Gasteiger partial charge on any atom is 0.228 e. The van der Waals surface area contributed by atoms with Gasteiger partial charge in [-0.3, -0.25) is 9.59 Å². The number of nitrogens with zero attached hydrogens (tertiary/aromatic N) is 2. The normalized spacial score (nSPS) is 24.5. The molecular formula is C18H22Cl2N2O2. The second-order valence-corrected chi connectivity index (χ2v) is 7.43. The number of halogens is 2. The number of carbonyl (C=O) groups excluding carboxylic acids is 2. The largest absolute Gasteiger partial charge is 0.339 e. The van der Waals surface area contributed by atoms with Crippen molar-refractivity contribution in [3.63, 3.8) is 0 Å². The summed E-state index contributed by atoms with van der Waals surface area (Å²) in [6.45, 7) is 3.30. The molecule has 2 amide bonds. The van der Waals surface area contributed by atoms with Gasteiger partial charge in [-0.15, -0.1) is 0 Å². The van der Waals surface area contributed by atoms with Crippen LogP contribution in [0.25, 0.3) is 0 Å². The van der Waals surface area contributed by atoms with Gasteiger partial charge in [0, 0.05) is 30.6 Å². The van der Waals surface area contributed by atoms with E-state index in [1.807, 2.05) is 4.90 Å². The van der Waals surface area contributed by atoms with Crippen molar-refractivity contribution in [1.29, 1.82) is 0 Å². The minimum absolute atomic E-state index is 0.0671. The van der Waals surface area contributed by atoms with E-state index in [2.05, 4.69) is 6.92 Å². The number of carbonyl (C=O) groups is 2. The number of benzene rings is 1. The number of hydrogen-bond donors (Lipinski definition) is 0. The Kier molecular flexibility index (Phi) is 5.36. The maximum atomic E-state index is 12.9. The smallest absolute Gasteiger partial charge is 0.228 e. The van der Waals surface area contributed by atoms with Crippen molar-refractivity contribution >= 4 is 40.7 Å². The van der Waals surface area contributed by atoms with E-state index in [4.69, 9.17) is 23.2 Å². The standard InChI is InChI=1S/C18H22Cl2N2O2/c1-2-14-5-3-4-8-21(14)18(24)12-9-17(23)22(11-12)16-10-13(19)6-7-15(16)20/h6-7,10,12,14H,2-5,8-9,11H2,1H3. The van der Waals surface area contributed by atoms with E-state index in [1.165, 1.54) is 6.42 Å². The lowest BCUT2D eigenvalue weighted by Gasteiger charge is -2.36. The van der Waals surface area contributed by atoms with Gasteiger partial charge in [0.05, 0.1) is 16.6 Å². The van der Waals surface area contributed by atoms with E-state index in [9.17, 15) is 9.59 Å². The highest BCUT2D eigenvalue weighted by atomic mass is 35.5. The van der Waals surface area contributed by atoms with Gasteiger partial charge in [-0.1, -0.05) is 30.1 Å². The summed E-state index contributed by atoms with van der Waals surface area (Å²) in [4.78, 5) is 29.0. The van der Waals surface area contributed by atoms with Gasteiger partial charge >= 0.3 is 0 Å². The third-order valence-electron chi connectivity index (χ3n) is 5.05. The van der Waals surface area contributed by atoms with Gasteiger partial charge < -0.3 is 9.80 Å². The molecule has 0 aliphatic carbocycles. The number of likely N-dealkylation sites (tertiary alicyclic amines) is 1. The van der Waals surface area contributed by atoms with Crippen LogP contribution < -0.4 is 4.90 Å². The second kappa shape index (κ2) is 7.32. The zero-order valence-corrected chi connectivity index (χ0v) is 15.3. The van der Waals surface area contributed by atoms with Gasteiger partial charge in [0.15, 0.2) is 0 Å². The van der Waals surface area contributed by atoms with Crippen LogP contribution in [0.1, 0.15) is 39.0 Å². The Morgan fingerprint density at radius 2 is 2.08 bits per heavy atom. The van der Waals surface area contributed by atoms with Crippen molar-refractivity contribution < 1.29 is 9.59 Å². The van der Waals surface area contributed by atoms with Crippen molar-refractivity contribution in [2.45, 2.75) is 45.1 Å². The van der Waals surface area contributed by atoms with Crippen LogP contribution in [0.4, 0.5) is 5.69 Å². The van der Waals surface area contributed by atoms with E-state index in [0.29, 0.717) is 28.3 Å². The van der Waals surface area contributed by atoms with Crippen LogP contribution >= 0.6 is 23.2 Å². The van der Waals surface area contributed by atoms with E-state index in [1.54, 1.807) is 23.1 Å². The molecule has 0 N–H and O–H groups in total. The van der Waals surface area contributed by atoms with Crippen molar-refractivity contribution in [3.8, 4) is 0 Å². The zero-order chi connectivity index (χ0) is 17.3. The summed E-state index contributed by atoms with van der Waals surface area (Å²) in [6, 6.07) is 5.37. The highest BCUT2D eigenvalue weighted by molar-refractivity contribution is 6.35. The van der Waals surface area contributed by atoms with E-state index in [-0.39, 0.29) is 24.2 Å². The van der Waals surface area contributed by atoms with Crippen molar-refractivity contribution in [1.82, 2.24) is 4.90 Å². The van der Waals surface area contributed by atoms with Crippen molar-refractivity contribution in [2.75, 3.05) is 18.0 Å².